The van der Waals surface area contributed by atoms with Crippen molar-refractivity contribution >= 4 is 17.3 Å². The number of nitro groups is 1. The lowest BCUT2D eigenvalue weighted by molar-refractivity contribution is -0.385. The third-order valence-corrected chi connectivity index (χ3v) is 3.43. The number of rotatable bonds is 5. The van der Waals surface area contributed by atoms with Gasteiger partial charge in [-0.3, -0.25) is 14.9 Å². The van der Waals surface area contributed by atoms with Crippen LogP contribution >= 0.6 is 0 Å². The Morgan fingerprint density at radius 1 is 1.43 bits per heavy atom. The molecular formula is C14H19N3O4. The molecule has 1 aromatic carbocycles. The number of ether oxygens (including phenoxy) is 1. The number of nitrogens with one attached hydrogen (secondary N) is 1. The van der Waals surface area contributed by atoms with E-state index in [0.29, 0.717) is 44.8 Å². The van der Waals surface area contributed by atoms with Crippen molar-refractivity contribution in [2.45, 2.75) is 13.3 Å². The smallest absolute Gasteiger partial charge is 0.272 e. The lowest BCUT2D eigenvalue weighted by atomic mass is 10.2. The van der Waals surface area contributed by atoms with Gasteiger partial charge in [0.25, 0.3) is 5.69 Å². The van der Waals surface area contributed by atoms with Crippen molar-refractivity contribution in [1.29, 1.82) is 0 Å². The summed E-state index contributed by atoms with van der Waals surface area (Å²) in [7, 11) is 0. The Morgan fingerprint density at radius 3 is 2.76 bits per heavy atom. The van der Waals surface area contributed by atoms with E-state index in [1.807, 2.05) is 0 Å². The Labute approximate surface area is 123 Å². The zero-order valence-electron chi connectivity index (χ0n) is 12.0. The van der Waals surface area contributed by atoms with E-state index < -0.39 is 4.92 Å². The molecule has 0 spiro atoms. The number of morpholine rings is 1. The zero-order chi connectivity index (χ0) is 15.2. The Morgan fingerprint density at radius 2 is 2.14 bits per heavy atom. The van der Waals surface area contributed by atoms with Crippen molar-refractivity contribution < 1.29 is 14.5 Å². The third-order valence-electron chi connectivity index (χ3n) is 3.43. The van der Waals surface area contributed by atoms with Gasteiger partial charge in [0, 0.05) is 43.4 Å². The van der Waals surface area contributed by atoms with Gasteiger partial charge < -0.3 is 15.0 Å². The average molecular weight is 293 g/mol. The molecule has 1 N–H and O–H groups in total. The summed E-state index contributed by atoms with van der Waals surface area (Å²) < 4.78 is 5.20. The van der Waals surface area contributed by atoms with Crippen molar-refractivity contribution in [3.05, 3.63) is 33.9 Å². The summed E-state index contributed by atoms with van der Waals surface area (Å²) in [5.41, 5.74) is 1.49. The molecule has 0 bridgehead atoms. The molecule has 1 fully saturated rings. The molecule has 0 unspecified atom stereocenters. The lowest BCUT2D eigenvalue weighted by Gasteiger charge is -2.26. The standard InChI is InChI=1S/C14H19N3O4/c1-11-10-12(2-3-13(11)17(19)20)15-5-4-14(18)16-6-8-21-9-7-16/h2-3,10,15H,4-9H2,1H3. The predicted molar refractivity (Wildman–Crippen MR) is 78.3 cm³/mol. The minimum atomic E-state index is -0.402. The fraction of sp³-hybridized carbons (Fsp3) is 0.500. The highest BCUT2D eigenvalue weighted by Crippen LogP contribution is 2.21. The molecule has 1 amide bonds. The molecule has 7 heteroatoms. The maximum atomic E-state index is 11.9. The fourth-order valence-corrected chi connectivity index (χ4v) is 2.25. The highest BCUT2D eigenvalue weighted by atomic mass is 16.6. The zero-order valence-corrected chi connectivity index (χ0v) is 12.0. The van der Waals surface area contributed by atoms with Gasteiger partial charge in [0.2, 0.25) is 5.91 Å². The molecule has 0 radical (unpaired) electrons. The fourth-order valence-electron chi connectivity index (χ4n) is 2.25. The Bertz CT molecular complexity index is 527. The van der Waals surface area contributed by atoms with Crippen molar-refractivity contribution in [3.63, 3.8) is 0 Å². The van der Waals surface area contributed by atoms with Crippen LogP contribution in [0.1, 0.15) is 12.0 Å². The van der Waals surface area contributed by atoms with E-state index in [1.165, 1.54) is 6.07 Å². The van der Waals surface area contributed by atoms with Crippen LogP contribution < -0.4 is 5.32 Å². The Hall–Kier alpha value is -2.15. The summed E-state index contributed by atoms with van der Waals surface area (Å²) >= 11 is 0. The molecule has 1 aliphatic heterocycles. The van der Waals surface area contributed by atoms with E-state index in [0.717, 1.165) is 5.69 Å². The van der Waals surface area contributed by atoms with E-state index in [4.69, 9.17) is 4.74 Å². The monoisotopic (exact) mass is 293 g/mol. The van der Waals surface area contributed by atoms with Gasteiger partial charge >= 0.3 is 0 Å². The van der Waals surface area contributed by atoms with Crippen LogP contribution in [0.25, 0.3) is 0 Å². The van der Waals surface area contributed by atoms with Crippen molar-refractivity contribution in [1.82, 2.24) is 4.90 Å². The number of amides is 1. The lowest BCUT2D eigenvalue weighted by Crippen LogP contribution is -2.41. The third kappa shape index (κ3) is 4.16. The van der Waals surface area contributed by atoms with Gasteiger partial charge in [0.05, 0.1) is 18.1 Å². The van der Waals surface area contributed by atoms with Gasteiger partial charge in [0.15, 0.2) is 0 Å². The second-order valence-corrected chi connectivity index (χ2v) is 4.93. The molecule has 7 nitrogen and oxygen atoms in total. The van der Waals surface area contributed by atoms with E-state index in [1.54, 1.807) is 24.0 Å². The van der Waals surface area contributed by atoms with Gasteiger partial charge in [-0.1, -0.05) is 0 Å². The largest absolute Gasteiger partial charge is 0.385 e. The molecule has 1 aliphatic rings. The molecule has 1 saturated heterocycles. The normalized spacial score (nSPS) is 14.8. The highest BCUT2D eigenvalue weighted by Gasteiger charge is 2.16. The number of anilines is 1. The Balaban J connectivity index is 1.81. The van der Waals surface area contributed by atoms with Crippen LogP contribution in [0.5, 0.6) is 0 Å². The average Bonchev–Trinajstić information content (AvgIpc) is 2.47. The summed E-state index contributed by atoms with van der Waals surface area (Å²) in [4.78, 5) is 24.1. The van der Waals surface area contributed by atoms with Crippen molar-refractivity contribution in [3.8, 4) is 0 Å². The van der Waals surface area contributed by atoms with Crippen LogP contribution in [-0.2, 0) is 9.53 Å². The van der Waals surface area contributed by atoms with Gasteiger partial charge in [-0.05, 0) is 19.1 Å². The first-order valence-electron chi connectivity index (χ1n) is 6.92. The molecule has 0 aromatic heterocycles. The number of aryl methyl sites for hydroxylation is 1. The molecule has 0 saturated carbocycles. The van der Waals surface area contributed by atoms with E-state index in [9.17, 15) is 14.9 Å². The molecule has 2 rings (SSSR count). The SMILES string of the molecule is Cc1cc(NCCC(=O)N2CCOCC2)ccc1[N+](=O)[O-]. The van der Waals surface area contributed by atoms with Crippen LogP contribution in [-0.4, -0.2) is 48.6 Å². The summed E-state index contributed by atoms with van der Waals surface area (Å²) in [6, 6.07) is 4.85. The van der Waals surface area contributed by atoms with E-state index >= 15 is 0 Å². The van der Waals surface area contributed by atoms with Crippen molar-refractivity contribution in [2.75, 3.05) is 38.2 Å². The maximum Gasteiger partial charge on any atom is 0.272 e. The molecule has 1 heterocycles. The number of carbonyl (C=O) groups excluding carboxylic acids is 1. The number of nitrogens with zero attached hydrogens (tertiary/aromatic N) is 2. The minimum Gasteiger partial charge on any atom is -0.385 e. The number of hydrogen-bond acceptors (Lipinski definition) is 5. The van der Waals surface area contributed by atoms with Crippen LogP contribution in [0, 0.1) is 17.0 Å². The first-order valence-corrected chi connectivity index (χ1v) is 6.92. The van der Waals surface area contributed by atoms with E-state index in [2.05, 4.69) is 5.32 Å². The first-order chi connectivity index (χ1) is 10.1. The molecule has 114 valence electrons. The summed E-state index contributed by atoms with van der Waals surface area (Å²) in [5.74, 6) is 0.101. The maximum absolute atomic E-state index is 11.9. The van der Waals surface area contributed by atoms with Crippen LogP contribution in [0.4, 0.5) is 11.4 Å². The number of benzene rings is 1. The topological polar surface area (TPSA) is 84.7 Å². The first kappa shape index (κ1) is 15.2. The number of hydrogen-bond donors (Lipinski definition) is 1. The second-order valence-electron chi connectivity index (χ2n) is 4.93. The summed E-state index contributed by atoms with van der Waals surface area (Å²) in [6.07, 6.45) is 0.399. The van der Waals surface area contributed by atoms with E-state index in [-0.39, 0.29) is 11.6 Å². The van der Waals surface area contributed by atoms with Crippen LogP contribution in [0.3, 0.4) is 0 Å². The minimum absolute atomic E-state index is 0.101. The van der Waals surface area contributed by atoms with Crippen molar-refractivity contribution in [2.24, 2.45) is 0 Å². The summed E-state index contributed by atoms with van der Waals surface area (Å²) in [5, 5.41) is 13.9. The number of carbonyl (C=O) groups is 1. The van der Waals surface area contributed by atoms with Gasteiger partial charge in [-0.15, -0.1) is 0 Å². The molecule has 0 atom stereocenters. The van der Waals surface area contributed by atoms with Gasteiger partial charge in [-0.2, -0.15) is 0 Å². The van der Waals surface area contributed by atoms with Gasteiger partial charge in [0.1, 0.15) is 0 Å². The molecule has 21 heavy (non-hydrogen) atoms. The molecule has 1 aromatic rings. The van der Waals surface area contributed by atoms with Crippen LogP contribution in [0.2, 0.25) is 0 Å². The Kier molecular flexibility index (Phi) is 5.10. The highest BCUT2D eigenvalue weighted by molar-refractivity contribution is 5.76. The predicted octanol–water partition coefficient (Wildman–Crippen LogP) is 1.56. The second kappa shape index (κ2) is 7.03. The molecule has 0 aliphatic carbocycles. The summed E-state index contributed by atoms with van der Waals surface area (Å²) in [6.45, 7) is 4.70. The quantitative estimate of drug-likeness (QED) is 0.658. The van der Waals surface area contributed by atoms with Crippen LogP contribution in [0.15, 0.2) is 18.2 Å². The number of nitro benzene ring substituents is 1. The molecular weight excluding hydrogens is 274 g/mol. The van der Waals surface area contributed by atoms with Gasteiger partial charge in [-0.25, -0.2) is 0 Å².